The molecule has 0 saturated heterocycles. The fourth-order valence-electron chi connectivity index (χ4n) is 2.41. The van der Waals surface area contributed by atoms with Crippen molar-refractivity contribution in [1.82, 2.24) is 0 Å². The smallest absolute Gasteiger partial charge is 0.257 e. The minimum Gasteiger partial charge on any atom is -0.497 e. The van der Waals surface area contributed by atoms with E-state index in [0.717, 1.165) is 0 Å². The Hall–Kier alpha value is -3.80. The summed E-state index contributed by atoms with van der Waals surface area (Å²) in [6.07, 6.45) is 4.42. The molecule has 2 amide bonds. The predicted octanol–water partition coefficient (Wildman–Crippen LogP) is 4.19. The molecule has 0 aliphatic carbocycles. The summed E-state index contributed by atoms with van der Waals surface area (Å²) in [5, 5.41) is 5.51. The van der Waals surface area contributed by atoms with E-state index in [1.165, 1.54) is 12.3 Å². The van der Waals surface area contributed by atoms with E-state index in [1.54, 1.807) is 73.8 Å². The molecule has 2 N–H and O–H groups in total. The van der Waals surface area contributed by atoms with Gasteiger partial charge in [-0.15, -0.1) is 0 Å². The molecule has 0 radical (unpaired) electrons. The van der Waals surface area contributed by atoms with Crippen molar-refractivity contribution < 1.29 is 18.7 Å². The summed E-state index contributed by atoms with van der Waals surface area (Å²) in [7, 11) is 1.56. The Balaban J connectivity index is 1.72. The third-order valence-electron chi connectivity index (χ3n) is 3.70. The fraction of sp³-hybridized carbons (Fsp3) is 0.0476. The van der Waals surface area contributed by atoms with Crippen LogP contribution in [0.15, 0.2) is 77.4 Å². The molecular weight excluding hydrogens is 344 g/mol. The summed E-state index contributed by atoms with van der Waals surface area (Å²) in [6.45, 7) is 0. The molecule has 27 heavy (non-hydrogen) atoms. The lowest BCUT2D eigenvalue weighted by molar-refractivity contribution is -0.111. The van der Waals surface area contributed by atoms with E-state index in [0.29, 0.717) is 28.4 Å². The number of carbonyl (C=O) groups is 2. The Morgan fingerprint density at radius 1 is 1.00 bits per heavy atom. The molecule has 6 nitrogen and oxygen atoms in total. The second-order valence-corrected chi connectivity index (χ2v) is 5.57. The molecule has 2 aromatic carbocycles. The fourth-order valence-corrected chi connectivity index (χ4v) is 2.41. The van der Waals surface area contributed by atoms with Crippen LogP contribution in [0.5, 0.6) is 5.75 Å². The minimum absolute atomic E-state index is 0.339. The summed E-state index contributed by atoms with van der Waals surface area (Å²) < 4.78 is 10.3. The van der Waals surface area contributed by atoms with Gasteiger partial charge in [0.15, 0.2) is 0 Å². The summed E-state index contributed by atoms with van der Waals surface area (Å²) in [5.74, 6) is 0.494. The van der Waals surface area contributed by atoms with Crippen molar-refractivity contribution in [3.05, 3.63) is 84.3 Å². The van der Waals surface area contributed by atoms with Crippen LogP contribution in [0.3, 0.4) is 0 Å². The van der Waals surface area contributed by atoms with Crippen LogP contribution in [0.1, 0.15) is 16.1 Å². The highest BCUT2D eigenvalue weighted by Gasteiger charge is 2.13. The molecule has 1 heterocycles. The highest BCUT2D eigenvalue weighted by Crippen LogP contribution is 2.20. The molecule has 0 spiro atoms. The van der Waals surface area contributed by atoms with Crippen LogP contribution < -0.4 is 15.4 Å². The van der Waals surface area contributed by atoms with Crippen molar-refractivity contribution in [1.29, 1.82) is 0 Å². The Morgan fingerprint density at radius 3 is 2.63 bits per heavy atom. The molecular formula is C21H18N2O4. The second kappa shape index (κ2) is 8.53. The average molecular weight is 362 g/mol. The summed E-state index contributed by atoms with van der Waals surface area (Å²) >= 11 is 0. The van der Waals surface area contributed by atoms with E-state index in [9.17, 15) is 9.59 Å². The van der Waals surface area contributed by atoms with Crippen LogP contribution in [0.25, 0.3) is 6.08 Å². The van der Waals surface area contributed by atoms with Crippen LogP contribution in [-0.2, 0) is 4.79 Å². The van der Waals surface area contributed by atoms with Crippen molar-refractivity contribution in [2.45, 2.75) is 0 Å². The maximum absolute atomic E-state index is 12.6. The van der Waals surface area contributed by atoms with Crippen molar-refractivity contribution in [3.8, 4) is 5.75 Å². The standard InChI is InChI=1S/C21H18N2O4/c1-26-17-7-4-6-15(14-17)22-21(25)18-9-2-3-10-19(18)23-20(24)12-11-16-8-5-13-27-16/h2-14H,1H3,(H,22,25)(H,23,24)/b12-11+. The van der Waals surface area contributed by atoms with E-state index in [1.807, 2.05) is 0 Å². The number of rotatable bonds is 6. The molecule has 0 saturated carbocycles. The zero-order valence-electron chi connectivity index (χ0n) is 14.6. The van der Waals surface area contributed by atoms with E-state index in [4.69, 9.17) is 9.15 Å². The molecule has 0 bridgehead atoms. The normalized spacial score (nSPS) is 10.6. The number of para-hydroxylation sites is 1. The number of methoxy groups -OCH3 is 1. The lowest BCUT2D eigenvalue weighted by atomic mass is 10.1. The van der Waals surface area contributed by atoms with Gasteiger partial charge in [0.1, 0.15) is 11.5 Å². The van der Waals surface area contributed by atoms with Crippen molar-refractivity contribution in [2.24, 2.45) is 0 Å². The first-order chi connectivity index (χ1) is 13.2. The first-order valence-electron chi connectivity index (χ1n) is 8.23. The van der Waals surface area contributed by atoms with Gasteiger partial charge in [0, 0.05) is 17.8 Å². The van der Waals surface area contributed by atoms with Gasteiger partial charge in [-0.1, -0.05) is 18.2 Å². The molecule has 0 unspecified atom stereocenters. The Bertz CT molecular complexity index is 962. The third kappa shape index (κ3) is 4.85. The maximum Gasteiger partial charge on any atom is 0.257 e. The minimum atomic E-state index is -0.368. The van der Waals surface area contributed by atoms with Gasteiger partial charge in [0.25, 0.3) is 5.91 Å². The summed E-state index contributed by atoms with van der Waals surface area (Å²) in [4.78, 5) is 24.8. The third-order valence-corrected chi connectivity index (χ3v) is 3.70. The number of anilines is 2. The van der Waals surface area contributed by atoms with Crippen LogP contribution in [0.2, 0.25) is 0 Å². The molecule has 3 aromatic rings. The highest BCUT2D eigenvalue weighted by molar-refractivity contribution is 6.11. The monoisotopic (exact) mass is 362 g/mol. The number of ether oxygens (including phenoxy) is 1. The van der Waals surface area contributed by atoms with E-state index >= 15 is 0 Å². The molecule has 0 fully saturated rings. The van der Waals surface area contributed by atoms with Gasteiger partial charge in [0.05, 0.1) is 24.6 Å². The molecule has 136 valence electrons. The number of hydrogen-bond donors (Lipinski definition) is 2. The average Bonchev–Trinajstić information content (AvgIpc) is 3.20. The number of amides is 2. The van der Waals surface area contributed by atoms with Crippen LogP contribution >= 0.6 is 0 Å². The van der Waals surface area contributed by atoms with Gasteiger partial charge in [-0.3, -0.25) is 9.59 Å². The Morgan fingerprint density at radius 2 is 1.85 bits per heavy atom. The number of furan rings is 1. The van der Waals surface area contributed by atoms with Crippen molar-refractivity contribution in [2.75, 3.05) is 17.7 Å². The van der Waals surface area contributed by atoms with E-state index < -0.39 is 0 Å². The van der Waals surface area contributed by atoms with Crippen molar-refractivity contribution >= 4 is 29.3 Å². The quantitative estimate of drug-likeness (QED) is 0.644. The van der Waals surface area contributed by atoms with Gasteiger partial charge in [-0.25, -0.2) is 0 Å². The van der Waals surface area contributed by atoms with Crippen LogP contribution in [-0.4, -0.2) is 18.9 Å². The Kier molecular flexibility index (Phi) is 5.69. The maximum atomic E-state index is 12.6. The van der Waals surface area contributed by atoms with Crippen molar-refractivity contribution in [3.63, 3.8) is 0 Å². The topological polar surface area (TPSA) is 80.6 Å². The lowest BCUT2D eigenvalue weighted by Crippen LogP contribution is -2.17. The Labute approximate surface area is 156 Å². The zero-order valence-corrected chi connectivity index (χ0v) is 14.6. The van der Waals surface area contributed by atoms with Gasteiger partial charge in [-0.2, -0.15) is 0 Å². The van der Waals surface area contributed by atoms with Crippen LogP contribution in [0.4, 0.5) is 11.4 Å². The number of benzene rings is 2. The first-order valence-corrected chi connectivity index (χ1v) is 8.23. The molecule has 0 aliphatic rings. The predicted molar refractivity (Wildman–Crippen MR) is 104 cm³/mol. The van der Waals surface area contributed by atoms with Gasteiger partial charge >= 0.3 is 0 Å². The summed E-state index contributed by atoms with van der Waals surface area (Å²) in [6, 6.07) is 17.3. The summed E-state index contributed by atoms with van der Waals surface area (Å²) in [5.41, 5.74) is 1.35. The largest absolute Gasteiger partial charge is 0.497 e. The SMILES string of the molecule is COc1cccc(NC(=O)c2ccccc2NC(=O)/C=C/c2ccco2)c1. The number of hydrogen-bond acceptors (Lipinski definition) is 4. The van der Waals surface area contributed by atoms with Gasteiger partial charge in [0.2, 0.25) is 5.91 Å². The van der Waals surface area contributed by atoms with E-state index in [2.05, 4.69) is 10.6 Å². The number of nitrogens with one attached hydrogen (secondary N) is 2. The molecule has 1 aromatic heterocycles. The molecule has 0 aliphatic heterocycles. The second-order valence-electron chi connectivity index (χ2n) is 5.57. The van der Waals surface area contributed by atoms with Gasteiger partial charge < -0.3 is 19.8 Å². The van der Waals surface area contributed by atoms with Crippen LogP contribution in [0, 0.1) is 0 Å². The first kappa shape index (κ1) is 18.0. The number of carbonyl (C=O) groups excluding carboxylic acids is 2. The highest BCUT2D eigenvalue weighted by atomic mass is 16.5. The lowest BCUT2D eigenvalue weighted by Gasteiger charge is -2.11. The van der Waals surface area contributed by atoms with Gasteiger partial charge in [-0.05, 0) is 42.5 Å². The molecule has 0 atom stereocenters. The van der Waals surface area contributed by atoms with E-state index in [-0.39, 0.29) is 11.8 Å². The zero-order chi connectivity index (χ0) is 19.1. The molecule has 3 rings (SSSR count). The molecule has 6 heteroatoms.